The summed E-state index contributed by atoms with van der Waals surface area (Å²) in [6, 6.07) is 22.7. The van der Waals surface area contributed by atoms with Crippen molar-refractivity contribution in [2.75, 3.05) is 33.3 Å². The van der Waals surface area contributed by atoms with Crippen LogP contribution in [0.5, 0.6) is 5.75 Å². The molecule has 1 aliphatic rings. The lowest BCUT2D eigenvalue weighted by atomic mass is 10.0. The van der Waals surface area contributed by atoms with E-state index in [2.05, 4.69) is 10.2 Å². The lowest BCUT2D eigenvalue weighted by Crippen LogP contribution is -2.37. The molecule has 5 rings (SSSR count). The van der Waals surface area contributed by atoms with Crippen molar-refractivity contribution in [3.8, 4) is 5.75 Å². The van der Waals surface area contributed by atoms with Crippen LogP contribution in [0.1, 0.15) is 40.0 Å². The van der Waals surface area contributed by atoms with Gasteiger partial charge >= 0.3 is 0 Å². The van der Waals surface area contributed by atoms with Crippen molar-refractivity contribution in [1.29, 1.82) is 0 Å². The summed E-state index contributed by atoms with van der Waals surface area (Å²) in [6.45, 7) is 2.27. The number of hydrogen-bond donors (Lipinski definition) is 1. The Morgan fingerprint density at radius 1 is 0.872 bits per heavy atom. The van der Waals surface area contributed by atoms with Crippen molar-refractivity contribution in [1.82, 2.24) is 20.0 Å². The van der Waals surface area contributed by atoms with E-state index in [1.165, 1.54) is 0 Å². The number of hydrogen-bond acceptors (Lipinski definition) is 5. The Bertz CT molecular complexity index is 1550. The van der Waals surface area contributed by atoms with E-state index in [4.69, 9.17) is 4.74 Å². The fourth-order valence-electron chi connectivity index (χ4n) is 5.10. The summed E-state index contributed by atoms with van der Waals surface area (Å²) < 4.78 is 5.27. The Labute approximate surface area is 227 Å². The normalized spacial score (nSPS) is 13.8. The lowest BCUT2D eigenvalue weighted by Gasteiger charge is -2.22. The Hall–Kier alpha value is -4.46. The highest BCUT2D eigenvalue weighted by atomic mass is 16.5. The monoisotopic (exact) mass is 524 g/mol. The van der Waals surface area contributed by atoms with Crippen molar-refractivity contribution in [3.63, 3.8) is 0 Å². The third-order valence-electron chi connectivity index (χ3n) is 7.22. The van der Waals surface area contributed by atoms with Gasteiger partial charge in [0.15, 0.2) is 0 Å². The second-order valence-corrected chi connectivity index (χ2v) is 9.80. The van der Waals surface area contributed by atoms with Gasteiger partial charge in [-0.2, -0.15) is 5.10 Å². The van der Waals surface area contributed by atoms with Gasteiger partial charge < -0.3 is 14.5 Å². The molecule has 0 spiro atoms. The molecule has 0 unspecified atom stereocenters. The van der Waals surface area contributed by atoms with Crippen LogP contribution in [0.25, 0.3) is 10.8 Å². The Morgan fingerprint density at radius 3 is 2.46 bits per heavy atom. The molecule has 1 saturated heterocycles. The third kappa shape index (κ3) is 6.17. The quantitative estimate of drug-likeness (QED) is 0.397. The van der Waals surface area contributed by atoms with Gasteiger partial charge in [-0.25, -0.2) is 5.10 Å². The number of aryl methyl sites for hydroxylation is 1. The van der Waals surface area contributed by atoms with Gasteiger partial charge in [0, 0.05) is 50.0 Å². The summed E-state index contributed by atoms with van der Waals surface area (Å²) in [7, 11) is 1.64. The zero-order valence-electron chi connectivity index (χ0n) is 22.1. The number of carbonyl (C=O) groups is 2. The number of nitrogens with one attached hydrogen (secondary N) is 1. The Balaban J connectivity index is 1.21. The van der Waals surface area contributed by atoms with Crippen LogP contribution in [0.3, 0.4) is 0 Å². The maximum absolute atomic E-state index is 13.4. The molecule has 0 atom stereocenters. The van der Waals surface area contributed by atoms with Crippen LogP contribution in [-0.2, 0) is 17.6 Å². The minimum atomic E-state index is -0.215. The summed E-state index contributed by atoms with van der Waals surface area (Å²) in [5, 5.41) is 8.25. The molecule has 200 valence electrons. The number of nitrogens with zero attached hydrogens (tertiary/aromatic N) is 3. The van der Waals surface area contributed by atoms with E-state index >= 15 is 0 Å². The molecule has 0 aliphatic carbocycles. The average Bonchev–Trinajstić information content (AvgIpc) is 3.24. The highest BCUT2D eigenvalue weighted by Crippen LogP contribution is 2.19. The first-order valence-electron chi connectivity index (χ1n) is 13.3. The summed E-state index contributed by atoms with van der Waals surface area (Å²) in [4.78, 5) is 42.2. The SMILES string of the molecule is COc1cccc(CCC(=O)N2CCCN(C(=O)c3cccc(Cc4n[nH]c(=O)c5ccccc45)c3)CC2)c1. The number of benzene rings is 3. The molecule has 0 saturated carbocycles. The number of methoxy groups -OCH3 is 1. The average molecular weight is 525 g/mol. The molecule has 1 fully saturated rings. The van der Waals surface area contributed by atoms with Crippen LogP contribution in [-0.4, -0.2) is 65.1 Å². The molecular weight excluding hydrogens is 492 g/mol. The van der Waals surface area contributed by atoms with Crippen LogP contribution < -0.4 is 10.3 Å². The molecule has 39 heavy (non-hydrogen) atoms. The van der Waals surface area contributed by atoms with E-state index in [9.17, 15) is 14.4 Å². The summed E-state index contributed by atoms with van der Waals surface area (Å²) >= 11 is 0. The second kappa shape index (κ2) is 11.9. The van der Waals surface area contributed by atoms with Gasteiger partial charge in [0.25, 0.3) is 11.5 Å². The maximum Gasteiger partial charge on any atom is 0.272 e. The van der Waals surface area contributed by atoms with Gasteiger partial charge in [0.05, 0.1) is 18.2 Å². The predicted octanol–water partition coefficient (Wildman–Crippen LogP) is 3.83. The molecule has 4 aromatic rings. The van der Waals surface area contributed by atoms with Gasteiger partial charge in [-0.15, -0.1) is 0 Å². The van der Waals surface area contributed by atoms with E-state index in [0.29, 0.717) is 56.4 Å². The van der Waals surface area contributed by atoms with Gasteiger partial charge in [0.1, 0.15) is 5.75 Å². The molecule has 0 radical (unpaired) electrons. The van der Waals surface area contributed by atoms with Gasteiger partial charge in [0.2, 0.25) is 5.91 Å². The first-order chi connectivity index (χ1) is 19.0. The lowest BCUT2D eigenvalue weighted by molar-refractivity contribution is -0.131. The third-order valence-corrected chi connectivity index (χ3v) is 7.22. The summed E-state index contributed by atoms with van der Waals surface area (Å²) in [5.74, 6) is 0.854. The van der Waals surface area contributed by atoms with Crippen LogP contribution in [0, 0.1) is 0 Å². The second-order valence-electron chi connectivity index (χ2n) is 9.80. The van der Waals surface area contributed by atoms with Crippen molar-refractivity contribution in [2.24, 2.45) is 0 Å². The minimum absolute atomic E-state index is 0.0400. The molecular formula is C31H32N4O4. The summed E-state index contributed by atoms with van der Waals surface area (Å²) in [6.07, 6.45) is 2.32. The topological polar surface area (TPSA) is 95.6 Å². The number of fused-ring (bicyclic) bond motifs is 1. The maximum atomic E-state index is 13.4. The molecule has 1 aromatic heterocycles. The number of H-pyrrole nitrogens is 1. The van der Waals surface area contributed by atoms with E-state index in [-0.39, 0.29) is 17.4 Å². The largest absolute Gasteiger partial charge is 0.497 e. The number of rotatable bonds is 7. The van der Waals surface area contributed by atoms with E-state index in [0.717, 1.165) is 34.4 Å². The van der Waals surface area contributed by atoms with Crippen LogP contribution in [0.15, 0.2) is 77.6 Å². The summed E-state index contributed by atoms with van der Waals surface area (Å²) in [5.41, 5.74) is 3.16. The highest BCUT2D eigenvalue weighted by Gasteiger charge is 2.23. The van der Waals surface area contributed by atoms with Crippen LogP contribution in [0.2, 0.25) is 0 Å². The zero-order valence-corrected chi connectivity index (χ0v) is 22.1. The first-order valence-corrected chi connectivity index (χ1v) is 13.3. The van der Waals surface area contributed by atoms with Crippen molar-refractivity contribution < 1.29 is 14.3 Å². The van der Waals surface area contributed by atoms with E-state index in [1.807, 2.05) is 76.5 Å². The van der Waals surface area contributed by atoms with Crippen LogP contribution in [0.4, 0.5) is 0 Å². The number of aromatic nitrogens is 2. The fourth-order valence-corrected chi connectivity index (χ4v) is 5.10. The van der Waals surface area contributed by atoms with Crippen molar-refractivity contribution in [2.45, 2.75) is 25.7 Å². The highest BCUT2D eigenvalue weighted by molar-refractivity contribution is 5.94. The number of amides is 2. The first kappa shape index (κ1) is 26.2. The molecule has 8 nitrogen and oxygen atoms in total. The number of carbonyl (C=O) groups excluding carboxylic acids is 2. The molecule has 1 aliphatic heterocycles. The zero-order chi connectivity index (χ0) is 27.2. The smallest absolute Gasteiger partial charge is 0.272 e. The molecule has 3 aromatic carbocycles. The van der Waals surface area contributed by atoms with E-state index in [1.54, 1.807) is 13.2 Å². The Kier molecular flexibility index (Phi) is 8.01. The molecule has 0 bridgehead atoms. The van der Waals surface area contributed by atoms with Crippen molar-refractivity contribution in [3.05, 3.63) is 106 Å². The van der Waals surface area contributed by atoms with Gasteiger partial charge in [-0.3, -0.25) is 14.4 Å². The van der Waals surface area contributed by atoms with E-state index < -0.39 is 0 Å². The standard InChI is InChI=1S/C31H32N4O4/c1-39-25-10-5-7-22(20-25)13-14-29(36)34-15-6-16-35(18-17-34)31(38)24-9-4-8-23(19-24)21-28-26-11-2-3-12-27(26)30(37)33-32-28/h2-5,7-12,19-20H,6,13-18,21H2,1H3,(H,33,37). The molecule has 1 N–H and O–H groups in total. The number of ether oxygens (including phenoxy) is 1. The van der Waals surface area contributed by atoms with Gasteiger partial charge in [-0.05, 0) is 54.3 Å². The van der Waals surface area contributed by atoms with Crippen LogP contribution >= 0.6 is 0 Å². The predicted molar refractivity (Wildman–Crippen MR) is 150 cm³/mol. The van der Waals surface area contributed by atoms with Crippen molar-refractivity contribution >= 4 is 22.6 Å². The molecule has 2 heterocycles. The molecule has 2 amide bonds. The fraction of sp³-hybridized carbons (Fsp3) is 0.290. The van der Waals surface area contributed by atoms with Gasteiger partial charge in [-0.1, -0.05) is 42.5 Å². The Morgan fingerprint density at radius 2 is 1.62 bits per heavy atom. The molecule has 8 heteroatoms. The number of aromatic amines is 1. The minimum Gasteiger partial charge on any atom is -0.497 e.